The molecule has 1 aliphatic carbocycles. The molecule has 0 saturated heterocycles. The fraction of sp³-hybridized carbons (Fsp3) is 0.579. The van der Waals surface area contributed by atoms with Crippen molar-refractivity contribution in [3.8, 4) is 0 Å². The number of alkyl halides is 3. The summed E-state index contributed by atoms with van der Waals surface area (Å²) in [6.45, 7) is 5.94. The number of benzene rings is 1. The second-order valence-electron chi connectivity index (χ2n) is 8.19. The minimum atomic E-state index is -5.01. The van der Waals surface area contributed by atoms with Gasteiger partial charge in [0, 0.05) is 11.3 Å². The van der Waals surface area contributed by atoms with Crippen LogP contribution in [0.15, 0.2) is 35.4 Å². The van der Waals surface area contributed by atoms with E-state index in [0.717, 1.165) is 0 Å². The van der Waals surface area contributed by atoms with Crippen LogP contribution in [0.25, 0.3) is 0 Å². The first kappa shape index (κ1) is 18.9. The van der Waals surface area contributed by atoms with Crippen LogP contribution in [-0.4, -0.2) is 33.6 Å². The molecule has 142 valence electrons. The summed E-state index contributed by atoms with van der Waals surface area (Å²) in [5, 5.41) is 15.0. The fourth-order valence-corrected chi connectivity index (χ4v) is 3.91. The van der Waals surface area contributed by atoms with Crippen LogP contribution in [0, 0.1) is 17.3 Å². The first-order valence-corrected chi connectivity index (χ1v) is 8.72. The first-order valence-electron chi connectivity index (χ1n) is 8.72. The number of carbonyl (C=O) groups excluding carboxylic acids is 1. The third-order valence-corrected chi connectivity index (χ3v) is 5.56. The average Bonchev–Trinajstić information content (AvgIpc) is 2.88. The largest absolute Gasteiger partial charge is 0.439 e. The second kappa shape index (κ2) is 6.08. The molecule has 0 unspecified atom stereocenters. The van der Waals surface area contributed by atoms with Crippen LogP contribution < -0.4 is 0 Å². The normalized spacial score (nSPS) is 29.3. The molecule has 26 heavy (non-hydrogen) atoms. The van der Waals surface area contributed by atoms with Gasteiger partial charge in [-0.3, -0.25) is 4.79 Å². The zero-order valence-corrected chi connectivity index (χ0v) is 15.0. The Labute approximate surface area is 150 Å². The SMILES string of the molecule is CC(C)(C)[C@@H]1CCC2=NN(C(=O)c3ccccc3)[C@@](O)(C(F)(F)F)[C@@H]2C1. The lowest BCUT2D eigenvalue weighted by Crippen LogP contribution is -2.62. The van der Waals surface area contributed by atoms with Gasteiger partial charge in [-0.15, -0.1) is 0 Å². The predicted molar refractivity (Wildman–Crippen MR) is 91.3 cm³/mol. The third kappa shape index (κ3) is 2.92. The molecule has 1 aromatic rings. The Bertz CT molecular complexity index is 725. The van der Waals surface area contributed by atoms with Crippen LogP contribution in [0.3, 0.4) is 0 Å². The predicted octanol–water partition coefficient (Wildman–Crippen LogP) is 4.21. The number of rotatable bonds is 1. The Morgan fingerprint density at radius 3 is 2.38 bits per heavy atom. The number of hydrogen-bond donors (Lipinski definition) is 1. The molecule has 1 aromatic carbocycles. The smallest absolute Gasteiger partial charge is 0.362 e. The highest BCUT2D eigenvalue weighted by molar-refractivity contribution is 5.99. The van der Waals surface area contributed by atoms with Crippen molar-refractivity contribution < 1.29 is 23.1 Å². The average molecular weight is 368 g/mol. The van der Waals surface area contributed by atoms with Crippen molar-refractivity contribution in [3.05, 3.63) is 35.9 Å². The van der Waals surface area contributed by atoms with Crippen molar-refractivity contribution in [2.24, 2.45) is 22.4 Å². The van der Waals surface area contributed by atoms with Gasteiger partial charge in [0.2, 0.25) is 0 Å². The molecule has 2 aliphatic rings. The van der Waals surface area contributed by atoms with Crippen LogP contribution in [0.5, 0.6) is 0 Å². The molecule has 1 N–H and O–H groups in total. The van der Waals surface area contributed by atoms with E-state index in [-0.39, 0.29) is 34.0 Å². The quantitative estimate of drug-likeness (QED) is 0.807. The van der Waals surface area contributed by atoms with E-state index in [1.54, 1.807) is 18.2 Å². The Balaban J connectivity index is 2.01. The molecule has 1 heterocycles. The van der Waals surface area contributed by atoms with Gasteiger partial charge in [-0.1, -0.05) is 39.0 Å². The highest BCUT2D eigenvalue weighted by Crippen LogP contribution is 2.52. The van der Waals surface area contributed by atoms with Crippen molar-refractivity contribution in [3.63, 3.8) is 0 Å². The van der Waals surface area contributed by atoms with Crippen molar-refractivity contribution in [1.82, 2.24) is 5.01 Å². The lowest BCUT2D eigenvalue weighted by Gasteiger charge is -2.42. The highest BCUT2D eigenvalue weighted by Gasteiger charge is 2.69. The summed E-state index contributed by atoms with van der Waals surface area (Å²) in [5.41, 5.74) is -3.17. The number of amides is 1. The van der Waals surface area contributed by atoms with E-state index < -0.39 is 23.7 Å². The van der Waals surface area contributed by atoms with Crippen LogP contribution in [0.4, 0.5) is 13.2 Å². The zero-order valence-electron chi connectivity index (χ0n) is 15.0. The van der Waals surface area contributed by atoms with Crippen LogP contribution in [-0.2, 0) is 0 Å². The van der Waals surface area contributed by atoms with Gasteiger partial charge in [0.15, 0.2) is 0 Å². The van der Waals surface area contributed by atoms with Gasteiger partial charge in [-0.05, 0) is 42.7 Å². The van der Waals surface area contributed by atoms with Gasteiger partial charge in [0.05, 0.1) is 5.92 Å². The first-order chi connectivity index (χ1) is 12.0. The Morgan fingerprint density at radius 1 is 1.23 bits per heavy atom. The lowest BCUT2D eigenvalue weighted by atomic mass is 9.66. The van der Waals surface area contributed by atoms with Crippen LogP contribution in [0.1, 0.15) is 50.4 Å². The van der Waals surface area contributed by atoms with Crippen molar-refractivity contribution >= 4 is 11.6 Å². The van der Waals surface area contributed by atoms with Crippen LogP contribution >= 0.6 is 0 Å². The number of hydrogen-bond acceptors (Lipinski definition) is 3. The van der Waals surface area contributed by atoms with E-state index in [1.165, 1.54) is 12.1 Å². The van der Waals surface area contributed by atoms with Gasteiger partial charge < -0.3 is 5.11 Å². The summed E-state index contributed by atoms with van der Waals surface area (Å²) in [7, 11) is 0. The van der Waals surface area contributed by atoms with E-state index in [1.807, 2.05) is 20.8 Å². The van der Waals surface area contributed by atoms with Gasteiger partial charge >= 0.3 is 6.18 Å². The molecule has 0 spiro atoms. The molecule has 1 amide bonds. The minimum absolute atomic E-state index is 0.00658. The number of halogens is 3. The molecule has 3 atom stereocenters. The lowest BCUT2D eigenvalue weighted by molar-refractivity contribution is -0.314. The Morgan fingerprint density at radius 2 is 1.85 bits per heavy atom. The number of hydrazone groups is 1. The summed E-state index contributed by atoms with van der Waals surface area (Å²) < 4.78 is 41.8. The van der Waals surface area contributed by atoms with Crippen molar-refractivity contribution in [2.45, 2.75) is 51.9 Å². The van der Waals surface area contributed by atoms with Crippen LogP contribution in [0.2, 0.25) is 0 Å². The topological polar surface area (TPSA) is 52.9 Å². The maximum atomic E-state index is 13.9. The monoisotopic (exact) mass is 368 g/mol. The summed E-state index contributed by atoms with van der Waals surface area (Å²) in [6.07, 6.45) is -3.81. The highest BCUT2D eigenvalue weighted by atomic mass is 19.4. The van der Waals surface area contributed by atoms with Crippen molar-refractivity contribution in [1.29, 1.82) is 0 Å². The number of aliphatic hydroxyl groups is 1. The number of carbonyl (C=O) groups is 1. The Kier molecular flexibility index (Phi) is 4.42. The third-order valence-electron chi connectivity index (χ3n) is 5.56. The zero-order chi connectivity index (χ0) is 19.3. The van der Waals surface area contributed by atoms with E-state index in [9.17, 15) is 23.1 Å². The van der Waals surface area contributed by atoms with E-state index in [0.29, 0.717) is 12.8 Å². The number of fused-ring (bicyclic) bond motifs is 1. The van der Waals surface area contributed by atoms with Gasteiger partial charge in [-0.25, -0.2) is 0 Å². The fourth-order valence-electron chi connectivity index (χ4n) is 3.91. The molecule has 0 radical (unpaired) electrons. The molecule has 1 saturated carbocycles. The second-order valence-corrected chi connectivity index (χ2v) is 8.19. The minimum Gasteiger partial charge on any atom is -0.362 e. The molecule has 3 rings (SSSR count). The van der Waals surface area contributed by atoms with E-state index in [2.05, 4.69) is 5.10 Å². The molecule has 0 aromatic heterocycles. The van der Waals surface area contributed by atoms with Gasteiger partial charge in [0.1, 0.15) is 0 Å². The summed E-state index contributed by atoms with van der Waals surface area (Å²) in [4.78, 5) is 12.7. The standard InChI is InChI=1S/C19H23F3N2O2/c1-17(2,3)13-9-10-15-14(11-13)18(26,19(20,21)22)24(23-15)16(25)12-7-5-4-6-8-12/h4-8,13-14,26H,9-11H2,1-3H3/t13-,14-,18+/m1/s1. The maximum absolute atomic E-state index is 13.9. The summed E-state index contributed by atoms with van der Waals surface area (Å²) in [6, 6.07) is 7.62. The van der Waals surface area contributed by atoms with Gasteiger partial charge in [-0.2, -0.15) is 23.3 Å². The molecule has 0 bridgehead atoms. The number of nitrogens with zero attached hydrogens (tertiary/aromatic N) is 2. The molecule has 1 fully saturated rings. The molecule has 1 aliphatic heterocycles. The van der Waals surface area contributed by atoms with E-state index in [4.69, 9.17) is 0 Å². The molecule has 4 nitrogen and oxygen atoms in total. The summed E-state index contributed by atoms with van der Waals surface area (Å²) >= 11 is 0. The van der Waals surface area contributed by atoms with Gasteiger partial charge in [0.25, 0.3) is 11.6 Å². The molecular weight excluding hydrogens is 345 g/mol. The van der Waals surface area contributed by atoms with Crippen molar-refractivity contribution in [2.75, 3.05) is 0 Å². The maximum Gasteiger partial charge on any atom is 0.439 e. The molecule has 7 heteroatoms. The molecular formula is C19H23F3N2O2. The Hall–Kier alpha value is -1.89. The van der Waals surface area contributed by atoms with E-state index >= 15 is 0 Å². The summed E-state index contributed by atoms with van der Waals surface area (Å²) in [5.74, 6) is -2.17.